The molecule has 0 aliphatic heterocycles. The maximum absolute atomic E-state index is 10.7. The number of aliphatic hydroxyl groups is 1. The molecule has 1 aliphatic rings. The number of aliphatic hydroxyl groups excluding tert-OH is 1. The second-order valence-corrected chi connectivity index (χ2v) is 6.29. The summed E-state index contributed by atoms with van der Waals surface area (Å²) in [5, 5.41) is 17.2. The molecule has 2 atom stereocenters. The Morgan fingerprint density at radius 3 is 2.44 bits per heavy atom. The maximum Gasteiger partial charge on any atom is 0.210 e. The zero-order valence-corrected chi connectivity index (χ0v) is 10.4. The Balaban J connectivity index is 2.20. The largest absolute Gasteiger partial charge is 0.396 e. The van der Waals surface area contributed by atoms with E-state index in [9.17, 15) is 13.5 Å². The number of nitrogens with two attached hydrogens (primary N) is 1. The normalized spacial score (nSPS) is 26.9. The molecule has 0 aromatic carbocycles. The molecular weight excluding hydrogens is 228 g/mol. The van der Waals surface area contributed by atoms with E-state index in [1.165, 1.54) is 12.8 Å². The minimum absolute atomic E-state index is 0.0243. The Kier molecular flexibility index (Phi) is 5.68. The van der Waals surface area contributed by atoms with Crippen molar-refractivity contribution in [3.63, 3.8) is 0 Å². The third kappa shape index (κ3) is 5.25. The Bertz CT molecular complexity index is 292. The van der Waals surface area contributed by atoms with E-state index in [0.717, 1.165) is 19.4 Å². The van der Waals surface area contributed by atoms with E-state index in [0.29, 0.717) is 18.4 Å². The van der Waals surface area contributed by atoms with Crippen molar-refractivity contribution in [2.24, 2.45) is 17.0 Å². The van der Waals surface area contributed by atoms with Gasteiger partial charge in [0.15, 0.2) is 0 Å². The molecule has 0 bridgehead atoms. The molecule has 1 saturated carbocycles. The van der Waals surface area contributed by atoms with Gasteiger partial charge in [-0.25, -0.2) is 13.6 Å². The zero-order valence-electron chi connectivity index (χ0n) is 9.56. The Labute approximate surface area is 97.5 Å². The van der Waals surface area contributed by atoms with Crippen LogP contribution in [0.5, 0.6) is 0 Å². The van der Waals surface area contributed by atoms with Gasteiger partial charge in [-0.3, -0.25) is 0 Å². The maximum atomic E-state index is 10.7. The fourth-order valence-corrected chi connectivity index (χ4v) is 2.72. The van der Waals surface area contributed by atoms with Crippen molar-refractivity contribution in [2.75, 3.05) is 25.4 Å². The van der Waals surface area contributed by atoms with Crippen LogP contribution in [0.1, 0.15) is 25.7 Å². The molecule has 1 aliphatic carbocycles. The van der Waals surface area contributed by atoms with Gasteiger partial charge in [-0.15, -0.1) is 0 Å². The molecule has 0 spiro atoms. The Hall–Kier alpha value is -0.170. The average Bonchev–Trinajstić information content (AvgIpc) is 2.23. The molecule has 0 amide bonds. The van der Waals surface area contributed by atoms with Gasteiger partial charge in [-0.05, 0) is 31.2 Å². The van der Waals surface area contributed by atoms with Crippen LogP contribution in [-0.2, 0) is 10.0 Å². The third-order valence-corrected chi connectivity index (χ3v) is 4.04. The highest BCUT2D eigenvalue weighted by molar-refractivity contribution is 7.89. The zero-order chi connectivity index (χ0) is 12.0. The molecule has 5 nitrogen and oxygen atoms in total. The third-order valence-electron chi connectivity index (χ3n) is 3.27. The molecule has 4 N–H and O–H groups in total. The molecule has 0 aromatic heterocycles. The highest BCUT2D eigenvalue weighted by atomic mass is 32.2. The minimum atomic E-state index is -3.36. The van der Waals surface area contributed by atoms with Gasteiger partial charge in [-0.1, -0.05) is 12.8 Å². The highest BCUT2D eigenvalue weighted by Crippen LogP contribution is 2.28. The van der Waals surface area contributed by atoms with Gasteiger partial charge < -0.3 is 10.4 Å². The first-order chi connectivity index (χ1) is 7.53. The molecule has 1 fully saturated rings. The molecule has 1 rings (SSSR count). The minimum Gasteiger partial charge on any atom is -0.396 e. The average molecular weight is 250 g/mol. The summed E-state index contributed by atoms with van der Waals surface area (Å²) >= 11 is 0. The standard InChI is InChI=1S/C10H22N2O3S/c11-16(14,15)6-5-12-7-9-3-1-2-4-10(9)8-13/h9-10,12-13H,1-8H2,(H2,11,14,15). The van der Waals surface area contributed by atoms with Crippen LogP contribution in [0, 0.1) is 11.8 Å². The van der Waals surface area contributed by atoms with Crippen molar-refractivity contribution < 1.29 is 13.5 Å². The summed E-state index contributed by atoms with van der Waals surface area (Å²) in [5.74, 6) is 0.818. The molecule has 0 saturated heterocycles. The van der Waals surface area contributed by atoms with Crippen LogP contribution in [0.3, 0.4) is 0 Å². The van der Waals surface area contributed by atoms with E-state index in [1.807, 2.05) is 0 Å². The number of hydrogen-bond acceptors (Lipinski definition) is 4. The summed E-state index contributed by atoms with van der Waals surface area (Å²) in [5.41, 5.74) is 0. The molecule has 0 heterocycles. The van der Waals surface area contributed by atoms with Gasteiger partial charge in [0.1, 0.15) is 0 Å². The topological polar surface area (TPSA) is 92.4 Å². The van der Waals surface area contributed by atoms with Gasteiger partial charge in [-0.2, -0.15) is 0 Å². The predicted octanol–water partition coefficient (Wildman–Crippen LogP) is -0.337. The first kappa shape index (κ1) is 13.9. The summed E-state index contributed by atoms with van der Waals surface area (Å²) in [6.07, 6.45) is 4.60. The predicted molar refractivity (Wildman–Crippen MR) is 63.4 cm³/mol. The summed E-state index contributed by atoms with van der Waals surface area (Å²) in [6, 6.07) is 0. The van der Waals surface area contributed by atoms with Crippen molar-refractivity contribution in [2.45, 2.75) is 25.7 Å². The van der Waals surface area contributed by atoms with Crippen molar-refractivity contribution >= 4 is 10.0 Å². The first-order valence-corrected chi connectivity index (χ1v) is 7.56. The van der Waals surface area contributed by atoms with Crippen LogP contribution < -0.4 is 10.5 Å². The van der Waals surface area contributed by atoms with Gasteiger partial charge in [0, 0.05) is 13.2 Å². The fourth-order valence-electron chi connectivity index (χ4n) is 2.30. The summed E-state index contributed by atoms with van der Waals surface area (Å²) < 4.78 is 21.4. The van der Waals surface area contributed by atoms with E-state index in [2.05, 4.69) is 5.32 Å². The van der Waals surface area contributed by atoms with Crippen LogP contribution in [0.4, 0.5) is 0 Å². The van der Waals surface area contributed by atoms with Gasteiger partial charge in [0.2, 0.25) is 10.0 Å². The SMILES string of the molecule is NS(=O)(=O)CCNCC1CCCCC1CO. The van der Waals surface area contributed by atoms with E-state index in [1.54, 1.807) is 0 Å². The molecule has 2 unspecified atom stereocenters. The number of hydrogen-bond donors (Lipinski definition) is 3. The quantitative estimate of drug-likeness (QED) is 0.562. The molecular formula is C10H22N2O3S. The van der Waals surface area contributed by atoms with Crippen LogP contribution in [0.15, 0.2) is 0 Å². The van der Waals surface area contributed by atoms with Gasteiger partial charge >= 0.3 is 0 Å². The van der Waals surface area contributed by atoms with E-state index >= 15 is 0 Å². The Morgan fingerprint density at radius 1 is 1.25 bits per heavy atom. The second-order valence-electron chi connectivity index (χ2n) is 4.56. The second kappa shape index (κ2) is 6.54. The molecule has 0 aromatic rings. The summed E-state index contributed by atoms with van der Waals surface area (Å²) in [6.45, 7) is 1.41. The molecule has 0 radical (unpaired) electrons. The number of rotatable bonds is 6. The van der Waals surface area contributed by atoms with Crippen LogP contribution in [0.25, 0.3) is 0 Å². The van der Waals surface area contributed by atoms with Crippen molar-refractivity contribution in [3.05, 3.63) is 0 Å². The molecule has 6 heteroatoms. The van der Waals surface area contributed by atoms with Gasteiger partial charge in [0.05, 0.1) is 5.75 Å². The van der Waals surface area contributed by atoms with Crippen molar-refractivity contribution in [1.29, 1.82) is 0 Å². The lowest BCUT2D eigenvalue weighted by molar-refractivity contribution is 0.133. The molecule has 96 valence electrons. The summed E-state index contributed by atoms with van der Waals surface area (Å²) in [4.78, 5) is 0. The smallest absolute Gasteiger partial charge is 0.210 e. The lowest BCUT2D eigenvalue weighted by Crippen LogP contribution is -2.35. The van der Waals surface area contributed by atoms with Crippen LogP contribution in [-0.4, -0.2) is 39.0 Å². The number of nitrogens with one attached hydrogen (secondary N) is 1. The summed E-state index contributed by atoms with van der Waals surface area (Å²) in [7, 11) is -3.36. The van der Waals surface area contributed by atoms with Crippen molar-refractivity contribution in [3.8, 4) is 0 Å². The number of primary sulfonamides is 1. The van der Waals surface area contributed by atoms with E-state index in [-0.39, 0.29) is 12.4 Å². The van der Waals surface area contributed by atoms with Crippen LogP contribution >= 0.6 is 0 Å². The van der Waals surface area contributed by atoms with Gasteiger partial charge in [0.25, 0.3) is 0 Å². The fraction of sp³-hybridized carbons (Fsp3) is 1.00. The first-order valence-electron chi connectivity index (χ1n) is 5.85. The van der Waals surface area contributed by atoms with E-state index < -0.39 is 10.0 Å². The number of sulfonamides is 1. The van der Waals surface area contributed by atoms with Crippen LogP contribution in [0.2, 0.25) is 0 Å². The lowest BCUT2D eigenvalue weighted by Gasteiger charge is -2.30. The Morgan fingerprint density at radius 2 is 1.88 bits per heavy atom. The highest BCUT2D eigenvalue weighted by Gasteiger charge is 2.23. The van der Waals surface area contributed by atoms with Crippen molar-refractivity contribution in [1.82, 2.24) is 5.32 Å². The van der Waals surface area contributed by atoms with E-state index in [4.69, 9.17) is 5.14 Å². The monoisotopic (exact) mass is 250 g/mol. The lowest BCUT2D eigenvalue weighted by atomic mass is 9.80. The molecule has 16 heavy (non-hydrogen) atoms.